The maximum atomic E-state index is 8.89. The molecule has 0 N–H and O–H groups in total. The minimum Gasteiger partial charge on any atom is -0.201 e. The van der Waals surface area contributed by atoms with Crippen molar-refractivity contribution in [3.05, 3.63) is 331 Å². The lowest BCUT2D eigenvalue weighted by molar-refractivity contribution is -0.660. The van der Waals surface area contributed by atoms with E-state index in [9.17, 15) is 0 Å². The van der Waals surface area contributed by atoms with E-state index in [4.69, 9.17) is 31.5 Å². The molecule has 0 spiro atoms. The zero-order valence-corrected chi connectivity index (χ0v) is 68.2. The van der Waals surface area contributed by atoms with Gasteiger partial charge in [-0.25, -0.2) is 18.3 Å². The van der Waals surface area contributed by atoms with Crippen LogP contribution < -0.4 is 18.3 Å². The lowest BCUT2D eigenvalue weighted by Gasteiger charge is -2.20. The highest BCUT2D eigenvalue weighted by atomic mass is 14.9. The molecule has 4 aromatic heterocycles. The van der Waals surface area contributed by atoms with E-state index in [0.29, 0.717) is 44.6 Å². The van der Waals surface area contributed by atoms with Crippen molar-refractivity contribution in [1.82, 2.24) is 0 Å². The minimum atomic E-state index is -2.49. The van der Waals surface area contributed by atoms with Gasteiger partial charge in [0.15, 0.2) is 24.8 Å². The lowest BCUT2D eigenvalue weighted by atomic mass is 9.85. The second kappa shape index (κ2) is 34.7. The Labute approximate surface area is 695 Å². The molecule has 0 unspecified atom stereocenters. The van der Waals surface area contributed by atoms with Crippen LogP contribution in [0.15, 0.2) is 231 Å². The van der Waals surface area contributed by atoms with Gasteiger partial charge < -0.3 is 0 Å². The van der Waals surface area contributed by atoms with Crippen molar-refractivity contribution in [2.45, 2.75) is 177 Å². The summed E-state index contributed by atoms with van der Waals surface area (Å²) in [5.41, 5.74) is 25.3. The number of hydrogen-bond donors (Lipinski definition) is 0. The Morgan fingerprint density at radius 2 is 0.673 bits per heavy atom. The number of aryl methyl sites for hydroxylation is 15. The van der Waals surface area contributed by atoms with Crippen LogP contribution in [-0.4, -0.2) is 0 Å². The Balaban J connectivity index is 0.000000184. The van der Waals surface area contributed by atoms with Crippen molar-refractivity contribution >= 4 is 0 Å². The van der Waals surface area contributed by atoms with Crippen molar-refractivity contribution in [3.63, 3.8) is 0 Å². The van der Waals surface area contributed by atoms with Gasteiger partial charge in [0.1, 0.15) is 28.2 Å². The van der Waals surface area contributed by atoms with Crippen molar-refractivity contribution in [2.24, 2.45) is 39.0 Å². The predicted octanol–water partition coefficient (Wildman–Crippen LogP) is 26.0. The van der Waals surface area contributed by atoms with Gasteiger partial charge >= 0.3 is 0 Å². The number of aromatic nitrogens is 4. The van der Waals surface area contributed by atoms with Crippen molar-refractivity contribution < 1.29 is 49.8 Å². The van der Waals surface area contributed by atoms with E-state index in [1.165, 1.54) is 11.8 Å². The number of benzene rings is 9. The normalized spacial score (nSPS) is 15.5. The second-order valence-corrected chi connectivity index (χ2v) is 31.5. The van der Waals surface area contributed by atoms with E-state index in [1.54, 1.807) is 113 Å². The van der Waals surface area contributed by atoms with Crippen LogP contribution in [-0.2, 0) is 40.9 Å². The van der Waals surface area contributed by atoms with Gasteiger partial charge in [0.25, 0.3) is 0 Å². The van der Waals surface area contributed by atoms with Crippen molar-refractivity contribution in [1.29, 1.82) is 0 Å². The van der Waals surface area contributed by atoms with Gasteiger partial charge in [-0.05, 0) is 296 Å². The topological polar surface area (TPSA) is 15.5 Å². The fourth-order valence-electron chi connectivity index (χ4n) is 14.9. The highest BCUT2D eigenvalue weighted by Crippen LogP contribution is 2.41. The van der Waals surface area contributed by atoms with E-state index in [-0.39, 0.29) is 22.3 Å². The van der Waals surface area contributed by atoms with Crippen LogP contribution in [0.25, 0.3) is 101 Å². The van der Waals surface area contributed by atoms with Crippen LogP contribution in [0.4, 0.5) is 0 Å². The van der Waals surface area contributed by atoms with Crippen LogP contribution in [0.2, 0.25) is 0 Å². The molecule has 13 rings (SSSR count). The van der Waals surface area contributed by atoms with Gasteiger partial charge in [0, 0.05) is 101 Å². The molecule has 0 amide bonds. The van der Waals surface area contributed by atoms with Gasteiger partial charge in [-0.15, -0.1) is 0 Å². The first-order valence-electron chi connectivity index (χ1n) is 49.1. The molecule has 4 heterocycles. The van der Waals surface area contributed by atoms with E-state index >= 15 is 0 Å². The average Bonchev–Trinajstić information content (AvgIpc) is 0.737. The summed E-state index contributed by atoms with van der Waals surface area (Å²) >= 11 is 0. The standard InChI is InChI=1S/C28H36N.C27H26N.C26H32N.C25H30N/c1-18-13-19(2)27(20(3)14-18)25-12-10-11-24(22(25)5)26-15-23(16-28(6,7)8)21(4)17-29(26)9;1-19-10-8-11-20(2)27(19)25-15-9-14-24(21(25)3)26-18-23(16-17-28(26)4)22-12-6-5-7-13-22;1-18-10-8-11-19(2)25(18)23-13-9-12-22(20(23)3)24-16-21(14-15-27(24)7)17-26(4,5)6;1-16(2)23-14-24(26(7)15-19(23)5)21-12-9-13-22(20(21)6)25-17(3)10-8-11-18(25)4/h10-15,17H,16H2,1-9H3;5-18H,1-4H3;8-16H,17H2,1-7H3;8-16H,1-7H3/q4*+1/i2D3,4D3,16D2;1D3;1D3,17D2;3D3,5D3,16D. The van der Waals surface area contributed by atoms with Crippen LogP contribution in [0, 0.1) is 114 Å². The average molecular weight is 1480 g/mol. The van der Waals surface area contributed by atoms with E-state index in [1.807, 2.05) is 228 Å². The molecular weight excluding hydrogens is 1330 g/mol. The first kappa shape index (κ1) is 55.9. The van der Waals surface area contributed by atoms with Gasteiger partial charge in [0.05, 0.1) is 0 Å². The lowest BCUT2D eigenvalue weighted by Crippen LogP contribution is -2.32. The SMILES string of the molecule is [2H]C([2H])([2H])c1c[n+](C)c(-c2cccc(-c3c(C)cc(C)cc3C([2H])([2H])[2H])c2C)cc1C([2H])([2H])C(C)(C)C.[2H]C([2H])([2H])c1c[n+](C)c(-c2cccc(-c3c(C)cccc3C([2H])([2H])[2H])c2C)cc1C([2H])(C)C.[2H]C([2H])([2H])c1cccc(C)c1-c1cccc(-c2cc(-c3ccccc3)cc[n+]2C)c1C.[2H]C([2H])([2H])c1cccc(C)c1-c1cccc(-c2cc(C([2H])([2H])C(C)(C)C)cc[n+]2C)c1C. The molecule has 0 saturated carbocycles. The molecule has 110 heavy (non-hydrogen) atoms. The maximum absolute atomic E-state index is 8.89. The Hall–Kier alpha value is -10.4. The number of nitrogens with zero attached hydrogens (tertiary/aromatic N) is 4. The fourth-order valence-corrected chi connectivity index (χ4v) is 14.9. The Morgan fingerprint density at radius 3 is 1.09 bits per heavy atom. The van der Waals surface area contributed by atoms with E-state index in [2.05, 4.69) is 48.0 Å². The molecule has 0 aliphatic rings. The highest BCUT2D eigenvalue weighted by Gasteiger charge is 2.26. The summed E-state index contributed by atoms with van der Waals surface area (Å²) in [6, 6.07) is 65.2. The monoisotopic (exact) mass is 1480 g/mol. The molecule has 0 atom stereocenters. The molecule has 0 aliphatic carbocycles. The molecule has 4 nitrogen and oxygen atoms in total. The van der Waals surface area contributed by atoms with E-state index < -0.39 is 70.6 Å². The minimum absolute atomic E-state index is 0.0217. The number of pyridine rings is 4. The third kappa shape index (κ3) is 18.9. The van der Waals surface area contributed by atoms with Gasteiger partial charge in [-0.3, -0.25) is 0 Å². The zero-order valence-electron chi connectivity index (χ0n) is 91.2. The first-order valence-corrected chi connectivity index (χ1v) is 37.6. The Morgan fingerprint density at radius 1 is 0.318 bits per heavy atom. The molecular formula is C106H124N4+4. The maximum Gasteiger partial charge on any atom is 0.213 e. The molecule has 0 fully saturated rings. The largest absolute Gasteiger partial charge is 0.213 e. The number of hydrogen-bond acceptors (Lipinski definition) is 0. The molecule has 0 saturated heterocycles. The van der Waals surface area contributed by atoms with Gasteiger partial charge in [0.2, 0.25) is 22.8 Å². The summed E-state index contributed by atoms with van der Waals surface area (Å²) in [7, 11) is 7.52. The summed E-state index contributed by atoms with van der Waals surface area (Å²) in [6.07, 6.45) is 3.62. The molecule has 0 bridgehead atoms. The third-order valence-electron chi connectivity index (χ3n) is 20.3. The molecule has 4 heteroatoms. The molecule has 9 aromatic carbocycles. The van der Waals surface area contributed by atoms with Crippen LogP contribution in [0.5, 0.6) is 0 Å². The second-order valence-electron chi connectivity index (χ2n) is 31.5. The molecule has 0 radical (unpaired) electrons. The summed E-state index contributed by atoms with van der Waals surface area (Å²) in [5, 5.41) is 0. The fraction of sp³-hybridized carbons (Fsp3) is 0.302. The molecule has 13 aromatic rings. The van der Waals surface area contributed by atoms with E-state index in [0.717, 1.165) is 128 Å². The van der Waals surface area contributed by atoms with Gasteiger partial charge in [-0.1, -0.05) is 207 Å². The Kier molecular flexibility index (Phi) is 17.6. The first-order chi connectivity index (χ1) is 61.1. The highest BCUT2D eigenvalue weighted by molar-refractivity contribution is 5.84. The van der Waals surface area contributed by atoms with Gasteiger partial charge in [-0.2, -0.15) is 0 Å². The zero-order chi connectivity index (χ0) is 99.5. The van der Waals surface area contributed by atoms with Crippen LogP contribution >= 0.6 is 0 Å². The van der Waals surface area contributed by atoms with Crippen molar-refractivity contribution in [3.8, 4) is 101 Å². The molecule has 564 valence electrons. The summed E-state index contributed by atoms with van der Waals surface area (Å²) < 4.78 is 196. The van der Waals surface area contributed by atoms with Crippen LogP contribution in [0.1, 0.15) is 193 Å². The summed E-state index contributed by atoms with van der Waals surface area (Å²) in [4.78, 5) is 0. The Bertz CT molecular complexity index is 6500. The van der Waals surface area contributed by atoms with Crippen LogP contribution in [0.3, 0.4) is 0 Å². The predicted molar refractivity (Wildman–Crippen MR) is 471 cm³/mol. The number of rotatable bonds is 12. The molecule has 0 aliphatic heterocycles. The quantitative estimate of drug-likeness (QED) is 0.108. The summed E-state index contributed by atoms with van der Waals surface area (Å²) in [5.74, 6) is -1.11. The van der Waals surface area contributed by atoms with Crippen molar-refractivity contribution in [2.75, 3.05) is 0 Å². The smallest absolute Gasteiger partial charge is 0.201 e. The third-order valence-corrected chi connectivity index (χ3v) is 20.3. The summed E-state index contributed by atoms with van der Waals surface area (Å²) in [6.45, 7) is 18.2.